The van der Waals surface area contributed by atoms with Gasteiger partial charge >= 0.3 is 0 Å². The fraction of sp³-hybridized carbons (Fsp3) is 0.368. The molecule has 2 aromatic carbocycles. The Balaban J connectivity index is 2.43. The quantitative estimate of drug-likeness (QED) is 0.572. The van der Waals surface area contributed by atoms with Gasteiger partial charge in [-0.05, 0) is 35.6 Å². The maximum absolute atomic E-state index is 11.7. The Kier molecular flexibility index (Phi) is 6.02. The molecule has 0 radical (unpaired) electrons. The van der Waals surface area contributed by atoms with Gasteiger partial charge in [-0.1, -0.05) is 45.0 Å². The molecule has 0 bridgehead atoms. The van der Waals surface area contributed by atoms with Gasteiger partial charge < -0.3 is 5.32 Å². The zero-order chi connectivity index (χ0) is 19.5. The highest BCUT2D eigenvalue weighted by atomic mass is 32.2. The Morgan fingerprint density at radius 3 is 2.19 bits per heavy atom. The molecule has 6 nitrogen and oxygen atoms in total. The smallest absolute Gasteiger partial charge is 0.293 e. The highest BCUT2D eigenvalue weighted by Gasteiger charge is 2.23. The number of hydrogen-bond acceptors (Lipinski definition) is 5. The number of anilines is 1. The summed E-state index contributed by atoms with van der Waals surface area (Å²) < 4.78 is 23.4. The maximum atomic E-state index is 11.7. The lowest BCUT2D eigenvalue weighted by molar-refractivity contribution is -0.384. The first-order chi connectivity index (χ1) is 12.1. The van der Waals surface area contributed by atoms with Crippen LogP contribution in [-0.2, 0) is 16.3 Å². The fourth-order valence-electron chi connectivity index (χ4n) is 2.78. The van der Waals surface area contributed by atoms with E-state index in [1.165, 1.54) is 17.7 Å². The number of benzene rings is 2. The number of nitro groups is 1. The number of rotatable bonds is 7. The van der Waals surface area contributed by atoms with Crippen LogP contribution >= 0.6 is 0 Å². The number of nitrogens with one attached hydrogen (secondary N) is 1. The zero-order valence-electron chi connectivity index (χ0n) is 15.4. The van der Waals surface area contributed by atoms with Crippen molar-refractivity contribution in [3.05, 3.63) is 63.7 Å². The summed E-state index contributed by atoms with van der Waals surface area (Å²) in [5.41, 5.74) is 2.31. The second kappa shape index (κ2) is 7.86. The third-order valence-electron chi connectivity index (χ3n) is 4.32. The Labute approximate surface area is 154 Å². The molecule has 140 valence electrons. The van der Waals surface area contributed by atoms with Crippen molar-refractivity contribution in [2.24, 2.45) is 5.92 Å². The van der Waals surface area contributed by atoms with Crippen molar-refractivity contribution in [2.75, 3.05) is 11.6 Å². The van der Waals surface area contributed by atoms with Crippen LogP contribution in [0.2, 0.25) is 0 Å². The van der Waals surface area contributed by atoms with Gasteiger partial charge in [0.05, 0.1) is 15.9 Å². The molecule has 0 saturated carbocycles. The molecule has 0 aliphatic heterocycles. The van der Waals surface area contributed by atoms with E-state index in [0.717, 1.165) is 24.3 Å². The van der Waals surface area contributed by atoms with E-state index in [1.54, 1.807) is 0 Å². The number of hydrogen-bond donors (Lipinski definition) is 1. The molecule has 2 aromatic rings. The minimum absolute atomic E-state index is 0.0665. The van der Waals surface area contributed by atoms with E-state index in [-0.39, 0.29) is 22.5 Å². The largest absolute Gasteiger partial charge is 0.372 e. The van der Waals surface area contributed by atoms with Crippen LogP contribution in [-0.4, -0.2) is 19.6 Å². The molecule has 0 aromatic heterocycles. The second-order valence-electron chi connectivity index (χ2n) is 6.67. The number of aryl methyl sites for hydroxylation is 1. The third kappa shape index (κ3) is 4.60. The molecular weight excluding hydrogens is 352 g/mol. The Morgan fingerprint density at radius 1 is 1.12 bits per heavy atom. The summed E-state index contributed by atoms with van der Waals surface area (Å²) in [6, 6.07) is 12.0. The highest BCUT2D eigenvalue weighted by molar-refractivity contribution is 7.90. The van der Waals surface area contributed by atoms with Crippen molar-refractivity contribution < 1.29 is 13.3 Å². The summed E-state index contributed by atoms with van der Waals surface area (Å²) in [5, 5.41) is 14.7. The summed E-state index contributed by atoms with van der Waals surface area (Å²) in [4.78, 5) is 10.8. The van der Waals surface area contributed by atoms with Gasteiger partial charge in [0.25, 0.3) is 5.69 Å². The summed E-state index contributed by atoms with van der Waals surface area (Å²) >= 11 is 0. The predicted molar refractivity (Wildman–Crippen MR) is 103 cm³/mol. The lowest BCUT2D eigenvalue weighted by atomic mass is 9.94. The van der Waals surface area contributed by atoms with Crippen molar-refractivity contribution >= 4 is 21.2 Å². The van der Waals surface area contributed by atoms with Crippen LogP contribution in [0.25, 0.3) is 0 Å². The van der Waals surface area contributed by atoms with E-state index in [9.17, 15) is 18.5 Å². The van der Waals surface area contributed by atoms with Crippen molar-refractivity contribution in [1.29, 1.82) is 0 Å². The molecule has 2 rings (SSSR count). The first kappa shape index (κ1) is 19.9. The minimum atomic E-state index is -3.51. The maximum Gasteiger partial charge on any atom is 0.293 e. The van der Waals surface area contributed by atoms with Crippen molar-refractivity contribution in [1.82, 2.24) is 0 Å². The molecule has 0 saturated heterocycles. The molecule has 1 atom stereocenters. The monoisotopic (exact) mass is 376 g/mol. The Hall–Kier alpha value is -2.41. The van der Waals surface area contributed by atoms with Gasteiger partial charge in [-0.3, -0.25) is 10.1 Å². The molecular formula is C19H24N2O4S. The molecule has 0 amide bonds. The number of nitro benzene ring substituents is 1. The highest BCUT2D eigenvalue weighted by Crippen LogP contribution is 2.33. The van der Waals surface area contributed by atoms with E-state index < -0.39 is 14.8 Å². The van der Waals surface area contributed by atoms with Crippen LogP contribution in [0, 0.1) is 16.0 Å². The van der Waals surface area contributed by atoms with Crippen LogP contribution in [0.5, 0.6) is 0 Å². The van der Waals surface area contributed by atoms with Crippen LogP contribution in [0.1, 0.15) is 37.9 Å². The van der Waals surface area contributed by atoms with Crippen molar-refractivity contribution in [3.63, 3.8) is 0 Å². The lowest BCUT2D eigenvalue weighted by Crippen LogP contribution is -2.17. The van der Waals surface area contributed by atoms with Crippen LogP contribution in [0.4, 0.5) is 11.4 Å². The normalized spacial score (nSPS) is 12.8. The molecule has 0 heterocycles. The molecule has 1 N–H and O–H groups in total. The summed E-state index contributed by atoms with van der Waals surface area (Å²) in [6.45, 7) is 6.14. The predicted octanol–water partition coefficient (Wildman–Crippen LogP) is 4.37. The minimum Gasteiger partial charge on any atom is -0.372 e. The number of sulfone groups is 1. The summed E-state index contributed by atoms with van der Waals surface area (Å²) in [6.07, 6.45) is 1.98. The van der Waals surface area contributed by atoms with Gasteiger partial charge in [-0.25, -0.2) is 8.42 Å². The topological polar surface area (TPSA) is 89.3 Å². The zero-order valence-corrected chi connectivity index (χ0v) is 16.2. The molecule has 0 unspecified atom stereocenters. The van der Waals surface area contributed by atoms with Crippen molar-refractivity contribution in [2.45, 2.75) is 38.1 Å². The van der Waals surface area contributed by atoms with E-state index in [1.807, 2.05) is 38.1 Å². The Bertz CT molecular complexity index is 890. The fourth-order valence-corrected chi connectivity index (χ4v) is 3.42. The summed E-state index contributed by atoms with van der Waals surface area (Å²) in [7, 11) is -3.51. The van der Waals surface area contributed by atoms with E-state index in [0.29, 0.717) is 5.69 Å². The van der Waals surface area contributed by atoms with Gasteiger partial charge in [0, 0.05) is 12.3 Å². The van der Waals surface area contributed by atoms with Gasteiger partial charge in [-0.2, -0.15) is 0 Å². The van der Waals surface area contributed by atoms with E-state index >= 15 is 0 Å². The molecule has 0 spiro atoms. The standard InChI is InChI=1S/C19H24N2O4S/c1-5-14-6-8-15(9-7-14)19(13(2)3)20-17-11-10-16(26(4,24)25)12-18(17)21(22)23/h6-13,19-20H,5H2,1-4H3/t19-/m0/s1. The van der Waals surface area contributed by atoms with E-state index in [2.05, 4.69) is 12.2 Å². The molecule has 26 heavy (non-hydrogen) atoms. The van der Waals surface area contributed by atoms with Crippen molar-refractivity contribution in [3.8, 4) is 0 Å². The summed E-state index contributed by atoms with van der Waals surface area (Å²) in [5.74, 6) is 0.177. The molecule has 7 heteroatoms. The van der Waals surface area contributed by atoms with Crippen LogP contribution in [0.3, 0.4) is 0 Å². The molecule has 0 aliphatic rings. The second-order valence-corrected chi connectivity index (χ2v) is 8.69. The van der Waals surface area contributed by atoms with Gasteiger partial charge in [0.2, 0.25) is 0 Å². The average molecular weight is 376 g/mol. The number of nitrogens with zero attached hydrogens (tertiary/aromatic N) is 1. The van der Waals surface area contributed by atoms with Crippen LogP contribution < -0.4 is 5.32 Å². The third-order valence-corrected chi connectivity index (χ3v) is 5.43. The SMILES string of the molecule is CCc1ccc([C@@H](Nc2ccc(S(C)(=O)=O)cc2[N+](=O)[O-])C(C)C)cc1. The van der Waals surface area contributed by atoms with Gasteiger partial charge in [0.1, 0.15) is 5.69 Å². The first-order valence-electron chi connectivity index (χ1n) is 8.47. The average Bonchev–Trinajstić information content (AvgIpc) is 2.58. The van der Waals surface area contributed by atoms with Gasteiger partial charge in [-0.15, -0.1) is 0 Å². The Morgan fingerprint density at radius 2 is 1.73 bits per heavy atom. The van der Waals surface area contributed by atoms with Gasteiger partial charge in [0.15, 0.2) is 9.84 Å². The van der Waals surface area contributed by atoms with E-state index in [4.69, 9.17) is 0 Å². The lowest BCUT2D eigenvalue weighted by Gasteiger charge is -2.24. The molecule has 0 aliphatic carbocycles. The first-order valence-corrected chi connectivity index (χ1v) is 10.4. The van der Waals surface area contributed by atoms with Crippen LogP contribution in [0.15, 0.2) is 47.4 Å². The molecule has 0 fully saturated rings.